The van der Waals surface area contributed by atoms with Gasteiger partial charge in [-0.3, -0.25) is 19.3 Å². The molecule has 1 atom stereocenters. The molecule has 1 fully saturated rings. The van der Waals surface area contributed by atoms with E-state index in [1.807, 2.05) is 31.2 Å². The summed E-state index contributed by atoms with van der Waals surface area (Å²) in [5.74, 6) is 0.532. The van der Waals surface area contributed by atoms with E-state index in [2.05, 4.69) is 0 Å². The Balaban J connectivity index is 1.55. The minimum atomic E-state index is -0.665. The molecule has 2 amide bonds. The Morgan fingerprint density at radius 1 is 1.13 bits per heavy atom. The summed E-state index contributed by atoms with van der Waals surface area (Å²) >= 11 is 0. The number of benzene rings is 2. The molecule has 7 nitrogen and oxygen atoms in total. The number of ether oxygens (including phenoxy) is 2. The van der Waals surface area contributed by atoms with E-state index in [1.54, 1.807) is 30.0 Å². The van der Waals surface area contributed by atoms with Crippen molar-refractivity contribution in [1.82, 2.24) is 4.90 Å². The number of para-hydroxylation sites is 1. The standard InChI is InChI=1S/C24H26N2O5/c1-16-7-3-4-8-21(16)30-14-20(27)18-9-10-22-19(13-18)26(23(28)15-31-22)17(2)24(29)25-11-5-6-12-25/h3-4,7-10,13,17H,5-6,11-12,14-15H2,1-2H3. The van der Waals surface area contributed by atoms with Crippen LogP contribution in [0.15, 0.2) is 42.5 Å². The van der Waals surface area contributed by atoms with Crippen LogP contribution in [0, 0.1) is 6.92 Å². The molecular weight excluding hydrogens is 396 g/mol. The quantitative estimate of drug-likeness (QED) is 0.669. The molecule has 4 rings (SSSR count). The maximum atomic E-state index is 12.9. The third-order valence-corrected chi connectivity index (χ3v) is 5.78. The molecule has 1 saturated heterocycles. The van der Waals surface area contributed by atoms with Gasteiger partial charge in [-0.15, -0.1) is 0 Å². The van der Waals surface area contributed by atoms with Gasteiger partial charge in [0, 0.05) is 18.7 Å². The third-order valence-electron chi connectivity index (χ3n) is 5.78. The molecule has 0 radical (unpaired) electrons. The maximum absolute atomic E-state index is 12.9. The van der Waals surface area contributed by atoms with Crippen molar-refractivity contribution in [2.45, 2.75) is 32.7 Å². The summed E-state index contributed by atoms with van der Waals surface area (Å²) in [5, 5.41) is 0. The van der Waals surface area contributed by atoms with Crippen LogP contribution in [0.5, 0.6) is 11.5 Å². The summed E-state index contributed by atoms with van der Waals surface area (Å²) in [5.41, 5.74) is 1.79. The highest BCUT2D eigenvalue weighted by Gasteiger charge is 2.36. The molecule has 2 aliphatic rings. The Morgan fingerprint density at radius 2 is 1.87 bits per heavy atom. The number of rotatable bonds is 6. The van der Waals surface area contributed by atoms with Crippen LogP contribution in [0.25, 0.3) is 0 Å². The van der Waals surface area contributed by atoms with Crippen LogP contribution >= 0.6 is 0 Å². The topological polar surface area (TPSA) is 76.2 Å². The minimum Gasteiger partial charge on any atom is -0.485 e. The zero-order valence-corrected chi connectivity index (χ0v) is 17.8. The van der Waals surface area contributed by atoms with Crippen LogP contribution in [0.4, 0.5) is 5.69 Å². The normalized spacial score (nSPS) is 16.5. The number of hydrogen-bond acceptors (Lipinski definition) is 5. The molecule has 162 valence electrons. The van der Waals surface area contributed by atoms with E-state index in [9.17, 15) is 14.4 Å². The van der Waals surface area contributed by atoms with Crippen molar-refractivity contribution in [3.63, 3.8) is 0 Å². The molecule has 2 aromatic carbocycles. The van der Waals surface area contributed by atoms with E-state index in [4.69, 9.17) is 9.47 Å². The van der Waals surface area contributed by atoms with Gasteiger partial charge in [0.25, 0.3) is 5.91 Å². The van der Waals surface area contributed by atoms with Gasteiger partial charge in [0.1, 0.15) is 17.5 Å². The predicted molar refractivity (Wildman–Crippen MR) is 116 cm³/mol. The summed E-state index contributed by atoms with van der Waals surface area (Å²) in [4.78, 5) is 41.6. The molecule has 0 saturated carbocycles. The van der Waals surface area contributed by atoms with E-state index >= 15 is 0 Å². The minimum absolute atomic E-state index is 0.0849. The second-order valence-corrected chi connectivity index (χ2v) is 7.92. The predicted octanol–water partition coefficient (Wildman–Crippen LogP) is 2.99. The van der Waals surface area contributed by atoms with Gasteiger partial charge < -0.3 is 14.4 Å². The lowest BCUT2D eigenvalue weighted by molar-refractivity contribution is -0.133. The number of hydrogen-bond donors (Lipinski definition) is 0. The first-order valence-corrected chi connectivity index (χ1v) is 10.5. The molecule has 2 aromatic rings. The molecule has 2 heterocycles. The molecule has 1 unspecified atom stereocenters. The van der Waals surface area contributed by atoms with Gasteiger partial charge in [-0.05, 0) is 56.5 Å². The van der Waals surface area contributed by atoms with Crippen LogP contribution in [0.1, 0.15) is 35.7 Å². The highest BCUT2D eigenvalue weighted by atomic mass is 16.5. The average Bonchev–Trinajstić information content (AvgIpc) is 3.32. The average molecular weight is 422 g/mol. The summed E-state index contributed by atoms with van der Waals surface area (Å²) in [6, 6.07) is 11.8. The summed E-state index contributed by atoms with van der Waals surface area (Å²) < 4.78 is 11.2. The van der Waals surface area contributed by atoms with Crippen LogP contribution < -0.4 is 14.4 Å². The van der Waals surface area contributed by atoms with Crippen LogP contribution in [0.3, 0.4) is 0 Å². The third kappa shape index (κ3) is 4.26. The van der Waals surface area contributed by atoms with Crippen molar-refractivity contribution in [1.29, 1.82) is 0 Å². The van der Waals surface area contributed by atoms with Gasteiger partial charge in [0.2, 0.25) is 5.91 Å². The maximum Gasteiger partial charge on any atom is 0.265 e. The zero-order valence-electron chi connectivity index (χ0n) is 17.8. The van der Waals surface area contributed by atoms with Crippen molar-refractivity contribution < 1.29 is 23.9 Å². The Kier molecular flexibility index (Phi) is 5.93. The molecule has 0 N–H and O–H groups in total. The fourth-order valence-electron chi connectivity index (χ4n) is 4.03. The first-order chi connectivity index (χ1) is 15.0. The second-order valence-electron chi connectivity index (χ2n) is 7.92. The number of carbonyl (C=O) groups is 3. The van der Waals surface area contributed by atoms with Crippen molar-refractivity contribution in [3.8, 4) is 11.5 Å². The Morgan fingerprint density at radius 3 is 2.61 bits per heavy atom. The zero-order chi connectivity index (χ0) is 22.0. The summed E-state index contributed by atoms with van der Waals surface area (Å²) in [6.07, 6.45) is 1.96. The fraction of sp³-hybridized carbons (Fsp3) is 0.375. The lowest BCUT2D eigenvalue weighted by Crippen LogP contribution is -2.52. The van der Waals surface area contributed by atoms with Crippen LogP contribution in [-0.2, 0) is 9.59 Å². The Bertz CT molecular complexity index is 1010. The second kappa shape index (κ2) is 8.79. The van der Waals surface area contributed by atoms with Crippen LogP contribution in [0.2, 0.25) is 0 Å². The van der Waals surface area contributed by atoms with E-state index in [1.165, 1.54) is 4.90 Å². The largest absolute Gasteiger partial charge is 0.485 e. The van der Waals surface area contributed by atoms with Crippen molar-refractivity contribution in [2.75, 3.05) is 31.2 Å². The number of amides is 2. The van der Waals surface area contributed by atoms with Crippen molar-refractivity contribution >= 4 is 23.3 Å². The van der Waals surface area contributed by atoms with Gasteiger partial charge in [-0.25, -0.2) is 0 Å². The number of ketones is 1. The molecule has 0 aromatic heterocycles. The molecule has 31 heavy (non-hydrogen) atoms. The number of fused-ring (bicyclic) bond motifs is 1. The number of aryl methyl sites for hydroxylation is 1. The Labute approximate surface area is 181 Å². The highest BCUT2D eigenvalue weighted by molar-refractivity contribution is 6.05. The van der Waals surface area contributed by atoms with E-state index in [-0.39, 0.29) is 30.8 Å². The molecule has 7 heteroatoms. The number of carbonyl (C=O) groups excluding carboxylic acids is 3. The molecule has 0 aliphatic carbocycles. The van der Waals surface area contributed by atoms with E-state index < -0.39 is 6.04 Å². The SMILES string of the molecule is Cc1ccccc1OCC(=O)c1ccc2c(c1)N(C(C)C(=O)N1CCCC1)C(=O)CO2. The highest BCUT2D eigenvalue weighted by Crippen LogP contribution is 2.35. The van der Waals surface area contributed by atoms with E-state index in [0.717, 1.165) is 18.4 Å². The van der Waals surface area contributed by atoms with Gasteiger partial charge in [0.15, 0.2) is 19.0 Å². The number of anilines is 1. The number of likely N-dealkylation sites (tertiary alicyclic amines) is 1. The molecule has 0 bridgehead atoms. The van der Waals surface area contributed by atoms with Crippen molar-refractivity contribution in [3.05, 3.63) is 53.6 Å². The van der Waals surface area contributed by atoms with Gasteiger partial charge in [-0.1, -0.05) is 18.2 Å². The molecule has 2 aliphatic heterocycles. The smallest absolute Gasteiger partial charge is 0.265 e. The number of nitrogens with zero attached hydrogens (tertiary/aromatic N) is 2. The first-order valence-electron chi connectivity index (χ1n) is 10.5. The summed E-state index contributed by atoms with van der Waals surface area (Å²) in [6.45, 7) is 4.81. The number of Topliss-reactive ketones (excluding diaryl/α,β-unsaturated/α-hetero) is 1. The molecular formula is C24H26N2O5. The first kappa shape index (κ1) is 20.9. The Hall–Kier alpha value is -3.35. The van der Waals surface area contributed by atoms with Crippen molar-refractivity contribution in [2.24, 2.45) is 0 Å². The lowest BCUT2D eigenvalue weighted by Gasteiger charge is -2.35. The van der Waals surface area contributed by atoms with Gasteiger partial charge >= 0.3 is 0 Å². The van der Waals surface area contributed by atoms with E-state index in [0.29, 0.717) is 35.8 Å². The van der Waals surface area contributed by atoms with Crippen LogP contribution in [-0.4, -0.2) is 54.8 Å². The lowest BCUT2D eigenvalue weighted by atomic mass is 10.1. The summed E-state index contributed by atoms with van der Waals surface area (Å²) in [7, 11) is 0. The fourth-order valence-corrected chi connectivity index (χ4v) is 4.03. The monoisotopic (exact) mass is 422 g/mol. The molecule has 0 spiro atoms. The van der Waals surface area contributed by atoms with Gasteiger partial charge in [0.05, 0.1) is 5.69 Å². The van der Waals surface area contributed by atoms with Gasteiger partial charge in [-0.2, -0.15) is 0 Å².